The Hall–Kier alpha value is -3.64. The molecule has 3 heteroatoms. The molecule has 0 aliphatic carbocycles. The van der Waals surface area contributed by atoms with Crippen molar-refractivity contribution in [1.29, 1.82) is 5.26 Å². The van der Waals surface area contributed by atoms with Crippen LogP contribution in [0.3, 0.4) is 0 Å². The molecule has 4 rings (SSSR count). The highest BCUT2D eigenvalue weighted by Gasteiger charge is 2.11. The fourth-order valence-corrected chi connectivity index (χ4v) is 2.92. The van der Waals surface area contributed by atoms with Crippen LogP contribution in [0, 0.1) is 11.3 Å². The summed E-state index contributed by atoms with van der Waals surface area (Å²) >= 11 is 0. The summed E-state index contributed by atoms with van der Waals surface area (Å²) < 4.78 is 0. The van der Waals surface area contributed by atoms with Gasteiger partial charge in [-0.3, -0.25) is 4.98 Å². The number of pyridine rings is 1. The van der Waals surface area contributed by atoms with Gasteiger partial charge in [0.25, 0.3) is 0 Å². The van der Waals surface area contributed by atoms with Crippen LogP contribution in [0.4, 0.5) is 11.4 Å². The minimum Gasteiger partial charge on any atom is -0.353 e. The largest absolute Gasteiger partial charge is 0.353 e. The lowest BCUT2D eigenvalue weighted by Gasteiger charge is -2.14. The van der Waals surface area contributed by atoms with Crippen molar-refractivity contribution in [2.24, 2.45) is 0 Å². The molecular weight excluding hydrogens is 306 g/mol. The summed E-state index contributed by atoms with van der Waals surface area (Å²) in [5.41, 5.74) is 5.27. The van der Waals surface area contributed by atoms with Gasteiger partial charge in [-0.25, -0.2) is 0 Å². The summed E-state index contributed by atoms with van der Waals surface area (Å²) in [5, 5.41) is 14.0. The molecule has 0 spiro atoms. The quantitative estimate of drug-likeness (QED) is 0.540. The van der Waals surface area contributed by atoms with Gasteiger partial charge >= 0.3 is 0 Å². The lowest BCUT2D eigenvalue weighted by atomic mass is 10.00. The fraction of sp³-hybridized carbons (Fsp3) is 0. The van der Waals surface area contributed by atoms with Gasteiger partial charge in [0.05, 0.1) is 28.7 Å². The average Bonchev–Trinajstić information content (AvgIpc) is 2.69. The van der Waals surface area contributed by atoms with Crippen molar-refractivity contribution in [3.63, 3.8) is 0 Å². The van der Waals surface area contributed by atoms with Crippen LogP contribution in [-0.4, -0.2) is 4.98 Å². The first kappa shape index (κ1) is 14.9. The highest BCUT2D eigenvalue weighted by atomic mass is 14.9. The highest BCUT2D eigenvalue weighted by molar-refractivity contribution is 5.87. The number of hydrogen-bond donors (Lipinski definition) is 1. The standard InChI is InChI=1S/C22H15N3/c23-14-18-10-6-11-20(16-7-2-1-3-8-16)22(18)25-19-13-17-9-4-5-12-21(17)24-15-19/h1-13,15,25H. The molecule has 0 atom stereocenters. The molecule has 0 saturated heterocycles. The number of rotatable bonds is 3. The lowest BCUT2D eigenvalue weighted by Crippen LogP contribution is -1.97. The van der Waals surface area contributed by atoms with E-state index in [2.05, 4.69) is 16.4 Å². The normalized spacial score (nSPS) is 10.4. The minimum absolute atomic E-state index is 0.606. The van der Waals surface area contributed by atoms with E-state index in [4.69, 9.17) is 0 Å². The van der Waals surface area contributed by atoms with Gasteiger partial charge in [0.15, 0.2) is 0 Å². The third-order valence-electron chi connectivity index (χ3n) is 4.13. The zero-order chi connectivity index (χ0) is 17.1. The van der Waals surface area contributed by atoms with Gasteiger partial charge in [0.1, 0.15) is 6.07 Å². The smallest absolute Gasteiger partial charge is 0.101 e. The van der Waals surface area contributed by atoms with E-state index in [1.54, 1.807) is 6.20 Å². The van der Waals surface area contributed by atoms with E-state index in [0.717, 1.165) is 33.4 Å². The van der Waals surface area contributed by atoms with E-state index in [9.17, 15) is 5.26 Å². The molecule has 0 radical (unpaired) electrons. The van der Waals surface area contributed by atoms with E-state index in [0.29, 0.717) is 5.56 Å². The van der Waals surface area contributed by atoms with E-state index in [1.807, 2.05) is 78.9 Å². The molecule has 3 aromatic carbocycles. The van der Waals surface area contributed by atoms with E-state index in [1.165, 1.54) is 0 Å². The highest BCUT2D eigenvalue weighted by Crippen LogP contribution is 2.33. The lowest BCUT2D eigenvalue weighted by molar-refractivity contribution is 1.39. The molecule has 1 heterocycles. The first-order valence-electron chi connectivity index (χ1n) is 8.05. The van der Waals surface area contributed by atoms with Crippen molar-refractivity contribution >= 4 is 22.3 Å². The van der Waals surface area contributed by atoms with Crippen molar-refractivity contribution < 1.29 is 0 Å². The summed E-state index contributed by atoms with van der Waals surface area (Å²) in [6.45, 7) is 0. The second kappa shape index (κ2) is 6.46. The first-order valence-corrected chi connectivity index (χ1v) is 8.05. The third-order valence-corrected chi connectivity index (χ3v) is 4.13. The molecule has 0 unspecified atom stereocenters. The molecule has 0 bridgehead atoms. The first-order chi connectivity index (χ1) is 12.3. The third kappa shape index (κ3) is 2.93. The van der Waals surface area contributed by atoms with Crippen molar-refractivity contribution in [3.05, 3.63) is 90.6 Å². The molecule has 0 aliphatic rings. The van der Waals surface area contributed by atoms with Crippen molar-refractivity contribution in [2.45, 2.75) is 0 Å². The van der Waals surface area contributed by atoms with Gasteiger partial charge in [-0.15, -0.1) is 0 Å². The number of anilines is 2. The average molecular weight is 321 g/mol. The van der Waals surface area contributed by atoms with Gasteiger partial charge < -0.3 is 5.32 Å². The van der Waals surface area contributed by atoms with E-state index in [-0.39, 0.29) is 0 Å². The van der Waals surface area contributed by atoms with Gasteiger partial charge in [0.2, 0.25) is 0 Å². The van der Waals surface area contributed by atoms with Crippen LogP contribution < -0.4 is 5.32 Å². The molecule has 25 heavy (non-hydrogen) atoms. The Balaban J connectivity index is 1.82. The minimum atomic E-state index is 0.606. The van der Waals surface area contributed by atoms with Crippen LogP contribution >= 0.6 is 0 Å². The topological polar surface area (TPSA) is 48.7 Å². The van der Waals surface area contributed by atoms with Crippen LogP contribution in [0.15, 0.2) is 85.1 Å². The fourth-order valence-electron chi connectivity index (χ4n) is 2.92. The number of nitrogens with one attached hydrogen (secondary N) is 1. The van der Waals surface area contributed by atoms with Crippen LogP contribution in [-0.2, 0) is 0 Å². The van der Waals surface area contributed by atoms with Gasteiger partial charge in [-0.05, 0) is 23.8 Å². The maximum absolute atomic E-state index is 9.53. The van der Waals surface area contributed by atoms with Gasteiger partial charge in [-0.1, -0.05) is 60.7 Å². The number of aromatic nitrogens is 1. The molecule has 0 saturated carbocycles. The molecule has 118 valence electrons. The summed E-state index contributed by atoms with van der Waals surface area (Å²) in [5.74, 6) is 0. The molecule has 1 aromatic heterocycles. The zero-order valence-electron chi connectivity index (χ0n) is 13.5. The predicted octanol–water partition coefficient (Wildman–Crippen LogP) is 5.52. The van der Waals surface area contributed by atoms with Crippen molar-refractivity contribution in [1.82, 2.24) is 4.98 Å². The maximum atomic E-state index is 9.53. The Bertz CT molecular complexity index is 1080. The van der Waals surface area contributed by atoms with Crippen LogP contribution in [0.25, 0.3) is 22.0 Å². The van der Waals surface area contributed by atoms with E-state index >= 15 is 0 Å². The Morgan fingerprint density at radius 2 is 1.64 bits per heavy atom. The molecule has 0 amide bonds. The number of para-hydroxylation sites is 2. The number of hydrogen-bond acceptors (Lipinski definition) is 3. The number of nitrogens with zero attached hydrogens (tertiary/aromatic N) is 2. The number of benzene rings is 3. The Labute approximate surface area is 146 Å². The van der Waals surface area contributed by atoms with Crippen LogP contribution in [0.1, 0.15) is 5.56 Å². The summed E-state index contributed by atoms with van der Waals surface area (Å²) in [4.78, 5) is 4.49. The Morgan fingerprint density at radius 3 is 2.48 bits per heavy atom. The molecule has 1 N–H and O–H groups in total. The summed E-state index contributed by atoms with van der Waals surface area (Å²) in [7, 11) is 0. The SMILES string of the molecule is N#Cc1cccc(-c2ccccc2)c1Nc1cnc2ccccc2c1. The number of nitriles is 1. The predicted molar refractivity (Wildman–Crippen MR) is 102 cm³/mol. The van der Waals surface area contributed by atoms with Crippen molar-refractivity contribution in [2.75, 3.05) is 5.32 Å². The zero-order valence-corrected chi connectivity index (χ0v) is 13.5. The summed E-state index contributed by atoms with van der Waals surface area (Å²) in [6, 6.07) is 28.1. The molecule has 4 aromatic rings. The second-order valence-electron chi connectivity index (χ2n) is 5.75. The second-order valence-corrected chi connectivity index (χ2v) is 5.75. The van der Waals surface area contributed by atoms with Gasteiger partial charge in [0, 0.05) is 10.9 Å². The molecule has 0 fully saturated rings. The molecule has 3 nitrogen and oxygen atoms in total. The summed E-state index contributed by atoms with van der Waals surface area (Å²) in [6.07, 6.45) is 1.80. The Morgan fingerprint density at radius 1 is 0.840 bits per heavy atom. The molecular formula is C22H15N3. The van der Waals surface area contributed by atoms with Crippen LogP contribution in [0.5, 0.6) is 0 Å². The van der Waals surface area contributed by atoms with Crippen LogP contribution in [0.2, 0.25) is 0 Å². The Kier molecular flexibility index (Phi) is 3.86. The molecule has 0 aliphatic heterocycles. The van der Waals surface area contributed by atoms with Crippen molar-refractivity contribution in [3.8, 4) is 17.2 Å². The number of fused-ring (bicyclic) bond motifs is 1. The monoisotopic (exact) mass is 321 g/mol. The van der Waals surface area contributed by atoms with E-state index < -0.39 is 0 Å². The van der Waals surface area contributed by atoms with Gasteiger partial charge in [-0.2, -0.15) is 5.26 Å². The maximum Gasteiger partial charge on any atom is 0.101 e.